The van der Waals surface area contributed by atoms with Gasteiger partial charge in [0, 0.05) is 48.1 Å². The first kappa shape index (κ1) is 34.6. The van der Waals surface area contributed by atoms with Crippen LogP contribution in [0.4, 0.5) is 5.95 Å². The first-order valence-corrected chi connectivity index (χ1v) is 17.6. The van der Waals surface area contributed by atoms with Crippen LogP contribution in [0.3, 0.4) is 0 Å². The van der Waals surface area contributed by atoms with Gasteiger partial charge in [-0.2, -0.15) is 0 Å². The molecular formula is C36H47N7O7. The molecule has 1 spiro atoms. The average Bonchev–Trinajstić information content (AvgIpc) is 3.41. The van der Waals surface area contributed by atoms with Gasteiger partial charge in [0.05, 0.1) is 50.1 Å². The molecule has 268 valence electrons. The first-order chi connectivity index (χ1) is 24.0. The van der Waals surface area contributed by atoms with Crippen LogP contribution in [0.5, 0.6) is 0 Å². The van der Waals surface area contributed by atoms with Crippen LogP contribution >= 0.6 is 0 Å². The molecule has 4 aliphatic heterocycles. The topological polar surface area (TPSA) is 194 Å². The first-order valence-electron chi connectivity index (χ1n) is 17.6. The second kappa shape index (κ2) is 13.4. The van der Waals surface area contributed by atoms with Crippen LogP contribution in [0.15, 0.2) is 51.9 Å². The third-order valence-electron chi connectivity index (χ3n) is 12.1. The molecule has 0 bridgehead atoms. The normalized spacial score (nSPS) is 37.6. The number of esters is 1. The lowest BCUT2D eigenvalue weighted by atomic mass is 9.44. The fourth-order valence-electron chi connectivity index (χ4n) is 9.09. The number of guanidine groups is 1. The van der Waals surface area contributed by atoms with Crippen LogP contribution in [0.1, 0.15) is 58.4 Å². The van der Waals surface area contributed by atoms with Gasteiger partial charge >= 0.3 is 5.97 Å². The maximum Gasteiger partial charge on any atom is 0.343 e. The molecule has 6 aliphatic rings. The summed E-state index contributed by atoms with van der Waals surface area (Å²) in [5.41, 5.74) is -0.751. The Bertz CT molecular complexity index is 1650. The molecule has 6 unspecified atom stereocenters. The zero-order valence-electron chi connectivity index (χ0n) is 28.8. The molecule has 2 aliphatic carbocycles. The van der Waals surface area contributed by atoms with Crippen molar-refractivity contribution in [2.75, 3.05) is 37.8 Å². The zero-order valence-corrected chi connectivity index (χ0v) is 28.8. The number of cyclic esters (lactones) is 1. The van der Waals surface area contributed by atoms with Crippen molar-refractivity contribution in [2.24, 2.45) is 32.7 Å². The van der Waals surface area contributed by atoms with E-state index in [0.717, 1.165) is 19.4 Å². The lowest BCUT2D eigenvalue weighted by molar-refractivity contribution is -0.174. The number of epoxide rings is 1. The second-order valence-electron chi connectivity index (χ2n) is 15.0. The van der Waals surface area contributed by atoms with E-state index in [0.29, 0.717) is 55.3 Å². The molecule has 5 N–H and O–H groups in total. The van der Waals surface area contributed by atoms with Crippen LogP contribution in [0.2, 0.25) is 0 Å². The molecule has 4 fully saturated rings. The van der Waals surface area contributed by atoms with Crippen molar-refractivity contribution in [3.63, 3.8) is 0 Å². The second-order valence-corrected chi connectivity index (χ2v) is 15.0. The van der Waals surface area contributed by atoms with E-state index in [9.17, 15) is 24.9 Å². The summed E-state index contributed by atoms with van der Waals surface area (Å²) in [6.07, 6.45) is 15.2. The molecule has 0 aromatic carbocycles. The van der Waals surface area contributed by atoms with E-state index in [1.165, 1.54) is 0 Å². The van der Waals surface area contributed by atoms with Gasteiger partial charge in [0.1, 0.15) is 11.4 Å². The predicted octanol–water partition coefficient (Wildman–Crippen LogP) is 1.29. The Morgan fingerprint density at radius 2 is 2.00 bits per heavy atom. The van der Waals surface area contributed by atoms with Crippen molar-refractivity contribution in [3.05, 3.63) is 47.5 Å². The van der Waals surface area contributed by atoms with Gasteiger partial charge in [0.25, 0.3) is 0 Å². The number of aliphatic hydroxyl groups is 3. The third-order valence-corrected chi connectivity index (χ3v) is 12.1. The Balaban J connectivity index is 1.14. The number of aromatic nitrogens is 2. The summed E-state index contributed by atoms with van der Waals surface area (Å²) in [5.74, 6) is 0.142. The van der Waals surface area contributed by atoms with Gasteiger partial charge in [-0.25, -0.2) is 24.7 Å². The molecule has 14 heteroatoms. The number of carbonyl (C=O) groups excluding carboxylic acids is 2. The van der Waals surface area contributed by atoms with Crippen LogP contribution in [0, 0.1) is 22.7 Å². The van der Waals surface area contributed by atoms with E-state index in [4.69, 9.17) is 9.47 Å². The molecule has 5 heterocycles. The minimum absolute atomic E-state index is 0.0198. The molecule has 50 heavy (non-hydrogen) atoms. The summed E-state index contributed by atoms with van der Waals surface area (Å²) in [5, 5.41) is 37.8. The molecule has 7 rings (SSSR count). The number of hydrogen-bond donors (Lipinski definition) is 5. The fourth-order valence-corrected chi connectivity index (χ4v) is 9.09. The highest BCUT2D eigenvalue weighted by Crippen LogP contribution is 2.65. The van der Waals surface area contributed by atoms with Crippen molar-refractivity contribution in [3.8, 4) is 0 Å². The van der Waals surface area contributed by atoms with E-state index < -0.39 is 29.1 Å². The van der Waals surface area contributed by atoms with E-state index in [1.54, 1.807) is 43.8 Å². The Hall–Kier alpha value is -3.82. The summed E-state index contributed by atoms with van der Waals surface area (Å²) < 4.78 is 11.9. The van der Waals surface area contributed by atoms with Crippen LogP contribution in [-0.2, 0) is 19.1 Å². The highest BCUT2D eigenvalue weighted by atomic mass is 16.6. The lowest BCUT2D eigenvalue weighted by Gasteiger charge is -2.62. The Morgan fingerprint density at radius 1 is 1.22 bits per heavy atom. The SMILES string of the molecule is CC(NC1CC2[C@](C)(CC[C@@H](O)[C@@]2(C)CO)C(/C=C/C2=CC(=C\c3cnc(N4CCCC4CO)nc3)/OC2=O)C12CO2)C(=O)NC1=NCC=N1. The van der Waals surface area contributed by atoms with Crippen LogP contribution < -0.4 is 15.5 Å². The predicted molar refractivity (Wildman–Crippen MR) is 185 cm³/mol. The van der Waals surface area contributed by atoms with E-state index in [2.05, 4.69) is 37.5 Å². The molecule has 14 nitrogen and oxygen atoms in total. The summed E-state index contributed by atoms with van der Waals surface area (Å²) >= 11 is 0. The average molecular weight is 690 g/mol. The molecule has 2 saturated carbocycles. The molecule has 0 radical (unpaired) electrons. The molecule has 1 aromatic rings. The van der Waals surface area contributed by atoms with Crippen molar-refractivity contribution in [1.82, 2.24) is 20.6 Å². The van der Waals surface area contributed by atoms with Crippen LogP contribution in [-0.4, -0.2) is 112 Å². The number of nitrogens with zero attached hydrogens (tertiary/aromatic N) is 5. The molecular weight excluding hydrogens is 642 g/mol. The smallest absolute Gasteiger partial charge is 0.343 e. The third kappa shape index (κ3) is 6.10. The summed E-state index contributed by atoms with van der Waals surface area (Å²) in [7, 11) is 0. The van der Waals surface area contributed by atoms with E-state index in [1.807, 2.05) is 17.9 Å². The van der Waals surface area contributed by atoms with Gasteiger partial charge in [-0.15, -0.1) is 0 Å². The van der Waals surface area contributed by atoms with Gasteiger partial charge in [0.2, 0.25) is 17.8 Å². The van der Waals surface area contributed by atoms with Crippen molar-refractivity contribution in [2.45, 2.75) is 82.7 Å². The van der Waals surface area contributed by atoms with E-state index in [-0.39, 0.29) is 54.4 Å². The van der Waals surface area contributed by atoms with Crippen molar-refractivity contribution >= 4 is 36.1 Å². The summed E-state index contributed by atoms with van der Waals surface area (Å²) in [4.78, 5) is 45.4. The van der Waals surface area contributed by atoms with Gasteiger partial charge in [0.15, 0.2) is 0 Å². The van der Waals surface area contributed by atoms with Gasteiger partial charge in [-0.3, -0.25) is 10.1 Å². The maximum absolute atomic E-state index is 13.1. The number of amides is 1. The monoisotopic (exact) mass is 689 g/mol. The number of fused-ring (bicyclic) bond motifs is 1. The lowest BCUT2D eigenvalue weighted by Crippen LogP contribution is -2.67. The number of ether oxygens (including phenoxy) is 2. The number of rotatable bonds is 9. The molecule has 1 amide bonds. The number of nitrogens with one attached hydrogen (secondary N) is 2. The Kier molecular flexibility index (Phi) is 9.27. The molecule has 1 aromatic heterocycles. The fraction of sp³-hybridized carbons (Fsp3) is 0.611. The quantitative estimate of drug-likeness (QED) is 0.185. The number of aliphatic imine (C=N–C) groups is 2. The number of hydrogen-bond acceptors (Lipinski definition) is 13. The summed E-state index contributed by atoms with van der Waals surface area (Å²) in [6.45, 7) is 7.49. The number of aliphatic hydroxyl groups excluding tert-OH is 3. The highest BCUT2D eigenvalue weighted by Gasteiger charge is 2.70. The van der Waals surface area contributed by atoms with Crippen LogP contribution in [0.25, 0.3) is 6.08 Å². The maximum atomic E-state index is 13.1. The number of anilines is 1. The Labute approximate surface area is 291 Å². The van der Waals surface area contributed by atoms with E-state index >= 15 is 0 Å². The van der Waals surface area contributed by atoms with Gasteiger partial charge < -0.3 is 35.0 Å². The van der Waals surface area contributed by atoms with Crippen molar-refractivity contribution in [1.29, 1.82) is 0 Å². The summed E-state index contributed by atoms with van der Waals surface area (Å²) in [6, 6.07) is -0.865. The van der Waals surface area contributed by atoms with Crippen molar-refractivity contribution < 1.29 is 34.4 Å². The Morgan fingerprint density at radius 3 is 2.68 bits per heavy atom. The standard InChI is InChI=1S/C36H47N7O7/c1-21(30(47)42-32-37-10-11-38-32)41-28-15-27-34(2,9-8-29(46)35(27,3)19-45)26(36(28)20-49-36)7-6-23-14-25(50-31(23)48)13-22-16-39-33(40-17-22)43-12-4-5-24(43)18-44/h6-7,10,13-14,16-17,21,24,26-29,41,44-46H,4-5,8-9,11-12,15,18-20H2,1-3H3,(H,38,42,47)/b7-6+,25-13+/t21?,24?,26?,27?,28?,29-,34-,35+,36?/m1/s1. The highest BCUT2D eigenvalue weighted by molar-refractivity contribution is 6.04. The minimum Gasteiger partial charge on any atom is -0.423 e. The molecule has 9 atom stereocenters. The number of allylic oxidation sites excluding steroid dienone is 1. The zero-order chi connectivity index (χ0) is 35.3. The number of carbonyl (C=O) groups is 2. The van der Waals surface area contributed by atoms with Gasteiger partial charge in [-0.05, 0) is 62.5 Å². The largest absolute Gasteiger partial charge is 0.423 e. The molecule has 2 saturated heterocycles. The minimum atomic E-state index is -0.777. The van der Waals surface area contributed by atoms with Gasteiger partial charge in [-0.1, -0.05) is 26.0 Å².